The van der Waals surface area contributed by atoms with Crippen molar-refractivity contribution in [3.8, 4) is 5.75 Å². The van der Waals surface area contributed by atoms with Gasteiger partial charge in [0.25, 0.3) is 0 Å². The van der Waals surface area contributed by atoms with Crippen LogP contribution in [-0.4, -0.2) is 11.7 Å². The van der Waals surface area contributed by atoms with Crippen LogP contribution in [0.15, 0.2) is 42.5 Å². The van der Waals surface area contributed by atoms with Crippen LogP contribution in [0.3, 0.4) is 0 Å². The standard InChI is InChI=1S/C16H15FO2/c17-14-7-2-1-4-12(14)10-15(18)13-6-3-5-11-8-9-19-16(11)13/h1-7,15,18H,8-10H2. The first-order valence-electron chi connectivity index (χ1n) is 6.42. The summed E-state index contributed by atoms with van der Waals surface area (Å²) in [6.07, 6.45) is 0.382. The summed E-state index contributed by atoms with van der Waals surface area (Å²) in [5.74, 6) is 0.487. The Morgan fingerprint density at radius 1 is 1.16 bits per heavy atom. The van der Waals surface area contributed by atoms with Gasteiger partial charge in [-0.25, -0.2) is 4.39 Å². The third-order valence-corrected chi connectivity index (χ3v) is 3.47. The lowest BCUT2D eigenvalue weighted by molar-refractivity contribution is 0.172. The molecule has 0 spiro atoms. The summed E-state index contributed by atoms with van der Waals surface area (Å²) in [5.41, 5.74) is 2.38. The van der Waals surface area contributed by atoms with Gasteiger partial charge in [0.2, 0.25) is 0 Å². The first kappa shape index (κ1) is 12.2. The lowest BCUT2D eigenvalue weighted by Gasteiger charge is -2.15. The molecular formula is C16H15FO2. The summed E-state index contributed by atoms with van der Waals surface area (Å²) in [4.78, 5) is 0. The number of hydrogen-bond acceptors (Lipinski definition) is 2. The van der Waals surface area contributed by atoms with Gasteiger partial charge in [-0.1, -0.05) is 36.4 Å². The number of aliphatic hydroxyl groups is 1. The lowest BCUT2D eigenvalue weighted by Crippen LogP contribution is -2.05. The summed E-state index contributed by atoms with van der Waals surface area (Å²) >= 11 is 0. The minimum Gasteiger partial charge on any atom is -0.493 e. The average Bonchev–Trinajstić information content (AvgIpc) is 2.89. The third-order valence-electron chi connectivity index (χ3n) is 3.47. The van der Waals surface area contributed by atoms with Gasteiger partial charge >= 0.3 is 0 Å². The van der Waals surface area contributed by atoms with Gasteiger partial charge in [-0.05, 0) is 17.2 Å². The van der Waals surface area contributed by atoms with E-state index in [9.17, 15) is 9.50 Å². The maximum atomic E-state index is 13.6. The number of benzene rings is 2. The second kappa shape index (κ2) is 5.02. The van der Waals surface area contributed by atoms with E-state index < -0.39 is 6.10 Å². The molecule has 1 aliphatic rings. The fourth-order valence-electron chi connectivity index (χ4n) is 2.49. The van der Waals surface area contributed by atoms with Crippen molar-refractivity contribution in [1.29, 1.82) is 0 Å². The molecule has 19 heavy (non-hydrogen) atoms. The van der Waals surface area contributed by atoms with Crippen LogP contribution in [0.4, 0.5) is 4.39 Å². The third kappa shape index (κ3) is 2.34. The van der Waals surface area contributed by atoms with Crippen LogP contribution in [0.5, 0.6) is 5.75 Å². The summed E-state index contributed by atoms with van der Waals surface area (Å²) < 4.78 is 19.2. The molecule has 2 aromatic carbocycles. The van der Waals surface area contributed by atoms with Gasteiger partial charge in [0, 0.05) is 18.4 Å². The average molecular weight is 258 g/mol. The Morgan fingerprint density at radius 3 is 2.84 bits per heavy atom. The number of halogens is 1. The van der Waals surface area contributed by atoms with E-state index in [-0.39, 0.29) is 12.2 Å². The van der Waals surface area contributed by atoms with Crippen molar-refractivity contribution in [3.63, 3.8) is 0 Å². The molecule has 3 heteroatoms. The summed E-state index contributed by atoms with van der Waals surface area (Å²) in [6, 6.07) is 12.3. The lowest BCUT2D eigenvalue weighted by atomic mass is 9.98. The normalized spacial score (nSPS) is 14.8. The fourth-order valence-corrected chi connectivity index (χ4v) is 2.49. The number of fused-ring (bicyclic) bond motifs is 1. The van der Waals surface area contributed by atoms with Gasteiger partial charge < -0.3 is 9.84 Å². The summed E-state index contributed by atoms with van der Waals surface area (Å²) in [5, 5.41) is 10.3. The SMILES string of the molecule is OC(Cc1ccccc1F)c1cccc2c1OCC2. The van der Waals surface area contributed by atoms with Crippen LogP contribution in [0.25, 0.3) is 0 Å². The molecule has 0 aliphatic carbocycles. The highest BCUT2D eigenvalue weighted by Gasteiger charge is 2.21. The maximum absolute atomic E-state index is 13.6. The molecule has 1 heterocycles. The van der Waals surface area contributed by atoms with Gasteiger partial charge in [-0.3, -0.25) is 0 Å². The van der Waals surface area contributed by atoms with Crippen molar-refractivity contribution in [2.24, 2.45) is 0 Å². The first-order valence-corrected chi connectivity index (χ1v) is 6.42. The summed E-state index contributed by atoms with van der Waals surface area (Å²) in [6.45, 7) is 0.652. The highest BCUT2D eigenvalue weighted by atomic mass is 19.1. The maximum Gasteiger partial charge on any atom is 0.128 e. The molecule has 2 aromatic rings. The Balaban J connectivity index is 1.87. The Kier molecular flexibility index (Phi) is 3.22. The van der Waals surface area contributed by atoms with Crippen LogP contribution >= 0.6 is 0 Å². The van der Waals surface area contributed by atoms with Crippen LogP contribution in [0, 0.1) is 5.82 Å². The van der Waals surface area contributed by atoms with Gasteiger partial charge in [-0.2, -0.15) is 0 Å². The van der Waals surface area contributed by atoms with Gasteiger partial charge in [-0.15, -0.1) is 0 Å². The van der Waals surface area contributed by atoms with Crippen molar-refractivity contribution >= 4 is 0 Å². The molecule has 0 radical (unpaired) electrons. The zero-order valence-electron chi connectivity index (χ0n) is 10.5. The fraction of sp³-hybridized carbons (Fsp3) is 0.250. The minimum absolute atomic E-state index is 0.256. The van der Waals surface area contributed by atoms with E-state index in [0.29, 0.717) is 12.2 Å². The second-order valence-electron chi connectivity index (χ2n) is 4.75. The van der Waals surface area contributed by atoms with Gasteiger partial charge in [0.15, 0.2) is 0 Å². The molecule has 2 nitrogen and oxygen atoms in total. The van der Waals surface area contributed by atoms with E-state index in [0.717, 1.165) is 23.3 Å². The topological polar surface area (TPSA) is 29.5 Å². The quantitative estimate of drug-likeness (QED) is 0.917. The highest BCUT2D eigenvalue weighted by molar-refractivity contribution is 5.45. The Morgan fingerprint density at radius 2 is 2.00 bits per heavy atom. The van der Waals surface area contributed by atoms with Crippen LogP contribution in [-0.2, 0) is 12.8 Å². The van der Waals surface area contributed by atoms with E-state index in [2.05, 4.69) is 0 Å². The van der Waals surface area contributed by atoms with Crippen LogP contribution < -0.4 is 4.74 Å². The van der Waals surface area contributed by atoms with Crippen LogP contribution in [0.1, 0.15) is 22.8 Å². The molecule has 1 atom stereocenters. The van der Waals surface area contributed by atoms with Crippen molar-refractivity contribution in [2.45, 2.75) is 18.9 Å². The monoisotopic (exact) mass is 258 g/mol. The van der Waals surface area contributed by atoms with E-state index >= 15 is 0 Å². The van der Waals surface area contributed by atoms with Crippen molar-refractivity contribution < 1.29 is 14.2 Å². The molecule has 0 fully saturated rings. The van der Waals surface area contributed by atoms with E-state index in [1.807, 2.05) is 18.2 Å². The molecule has 0 amide bonds. The Hall–Kier alpha value is -1.87. The molecule has 1 unspecified atom stereocenters. The molecular weight excluding hydrogens is 243 g/mol. The number of para-hydroxylation sites is 1. The molecule has 0 saturated carbocycles. The highest BCUT2D eigenvalue weighted by Crippen LogP contribution is 2.34. The largest absolute Gasteiger partial charge is 0.493 e. The predicted octanol–water partition coefficient (Wildman–Crippen LogP) is 3.04. The summed E-state index contributed by atoms with van der Waals surface area (Å²) in [7, 11) is 0. The van der Waals surface area contributed by atoms with E-state index in [1.54, 1.807) is 18.2 Å². The Bertz CT molecular complexity index is 595. The zero-order chi connectivity index (χ0) is 13.2. The predicted molar refractivity (Wildman–Crippen MR) is 70.7 cm³/mol. The molecule has 1 N–H and O–H groups in total. The molecule has 0 aromatic heterocycles. The number of rotatable bonds is 3. The minimum atomic E-state index is -0.745. The number of hydrogen-bond donors (Lipinski definition) is 1. The number of aliphatic hydroxyl groups excluding tert-OH is 1. The van der Waals surface area contributed by atoms with Gasteiger partial charge in [0.1, 0.15) is 11.6 Å². The Labute approximate surface area is 111 Å². The molecule has 0 bridgehead atoms. The second-order valence-corrected chi connectivity index (χ2v) is 4.75. The molecule has 98 valence electrons. The van der Waals surface area contributed by atoms with Crippen molar-refractivity contribution in [3.05, 3.63) is 65.0 Å². The van der Waals surface area contributed by atoms with E-state index in [1.165, 1.54) is 6.07 Å². The van der Waals surface area contributed by atoms with Gasteiger partial charge in [0.05, 0.1) is 12.7 Å². The molecule has 1 aliphatic heterocycles. The van der Waals surface area contributed by atoms with Crippen molar-refractivity contribution in [1.82, 2.24) is 0 Å². The van der Waals surface area contributed by atoms with E-state index in [4.69, 9.17) is 4.74 Å². The van der Waals surface area contributed by atoms with Crippen LogP contribution in [0.2, 0.25) is 0 Å². The zero-order valence-corrected chi connectivity index (χ0v) is 10.5. The van der Waals surface area contributed by atoms with Crippen molar-refractivity contribution in [2.75, 3.05) is 6.61 Å². The first-order chi connectivity index (χ1) is 9.25. The smallest absolute Gasteiger partial charge is 0.128 e. The number of ether oxygens (including phenoxy) is 1. The molecule has 3 rings (SSSR count). The molecule has 0 saturated heterocycles.